The van der Waals surface area contributed by atoms with E-state index in [0.29, 0.717) is 6.04 Å². The molecule has 26 heavy (non-hydrogen) atoms. The maximum Gasteiger partial charge on any atom is 0.193 e. The van der Waals surface area contributed by atoms with Gasteiger partial charge in [-0.05, 0) is 43.7 Å². The van der Waals surface area contributed by atoms with Gasteiger partial charge in [-0.15, -0.1) is 24.0 Å². The maximum absolute atomic E-state index is 5.74. The first-order valence-electron chi connectivity index (χ1n) is 9.53. The quantitative estimate of drug-likeness (QED) is 0.274. The summed E-state index contributed by atoms with van der Waals surface area (Å²) in [5.41, 5.74) is 2.84. The van der Waals surface area contributed by atoms with E-state index in [4.69, 9.17) is 4.74 Å². The van der Waals surface area contributed by atoms with Gasteiger partial charge in [0.1, 0.15) is 0 Å². The van der Waals surface area contributed by atoms with E-state index in [-0.39, 0.29) is 24.0 Å². The molecule has 1 aliphatic carbocycles. The summed E-state index contributed by atoms with van der Waals surface area (Å²) in [5, 5.41) is 3.52. The fourth-order valence-electron chi connectivity index (χ4n) is 3.40. The average molecular weight is 472 g/mol. The van der Waals surface area contributed by atoms with Gasteiger partial charge in [-0.1, -0.05) is 18.2 Å². The van der Waals surface area contributed by atoms with Gasteiger partial charge >= 0.3 is 0 Å². The van der Waals surface area contributed by atoms with Crippen molar-refractivity contribution in [2.24, 2.45) is 10.9 Å². The van der Waals surface area contributed by atoms with E-state index in [0.717, 1.165) is 51.1 Å². The lowest BCUT2D eigenvalue weighted by Gasteiger charge is -2.29. The number of rotatable bonds is 8. The van der Waals surface area contributed by atoms with E-state index in [2.05, 4.69) is 58.3 Å². The highest BCUT2D eigenvalue weighted by molar-refractivity contribution is 14.0. The third-order valence-electron chi connectivity index (χ3n) is 5.21. The molecule has 0 bridgehead atoms. The Hall–Kier alpha value is -1.02. The molecule has 1 aliphatic heterocycles. The summed E-state index contributed by atoms with van der Waals surface area (Å²) in [6, 6.07) is 9.17. The first kappa shape index (κ1) is 21.3. The van der Waals surface area contributed by atoms with Crippen LogP contribution in [0.25, 0.3) is 0 Å². The summed E-state index contributed by atoms with van der Waals surface area (Å²) in [7, 11) is 3.92. The lowest BCUT2D eigenvalue weighted by molar-refractivity contribution is 0.115. The van der Waals surface area contributed by atoms with Crippen molar-refractivity contribution in [1.29, 1.82) is 0 Å². The molecule has 1 saturated carbocycles. The average Bonchev–Trinajstić information content (AvgIpc) is 3.35. The zero-order valence-corrected chi connectivity index (χ0v) is 18.6. The van der Waals surface area contributed by atoms with Crippen LogP contribution in [0.2, 0.25) is 0 Å². The third-order valence-corrected chi connectivity index (χ3v) is 5.21. The Labute approximate surface area is 175 Å². The normalized spacial score (nSPS) is 17.5. The molecule has 1 N–H and O–H groups in total. The molecular formula is C20H33IN4O. The number of anilines is 1. The van der Waals surface area contributed by atoms with Crippen LogP contribution in [0.15, 0.2) is 29.3 Å². The lowest BCUT2D eigenvalue weighted by Crippen LogP contribution is -2.47. The molecule has 0 amide bonds. The zero-order chi connectivity index (χ0) is 17.6. The third kappa shape index (κ3) is 5.74. The molecule has 5 nitrogen and oxygen atoms in total. The number of halogens is 1. The molecule has 1 atom stereocenters. The minimum Gasteiger partial charge on any atom is -0.379 e. The number of guanidine groups is 1. The van der Waals surface area contributed by atoms with Gasteiger partial charge in [0.2, 0.25) is 0 Å². The Morgan fingerprint density at radius 1 is 1.38 bits per heavy atom. The van der Waals surface area contributed by atoms with Crippen LogP contribution in [0.4, 0.5) is 5.69 Å². The number of benzene rings is 1. The number of likely N-dealkylation sites (N-methyl/N-ethyl adjacent to an activating group) is 1. The molecule has 1 fully saturated rings. The molecule has 146 valence electrons. The second-order valence-corrected chi connectivity index (χ2v) is 7.29. The Morgan fingerprint density at radius 3 is 2.88 bits per heavy atom. The van der Waals surface area contributed by atoms with Crippen molar-refractivity contribution in [1.82, 2.24) is 10.2 Å². The standard InChI is InChI=1S/C20H32N4O.HI/c1-16(24-11-10-18-6-4-5-7-19(18)24)14-22-20(21-2)23(3)12-13-25-15-17-8-9-17;/h4-7,16-17H,8-15H2,1-3H3,(H,21,22);1H. The van der Waals surface area contributed by atoms with E-state index < -0.39 is 0 Å². The summed E-state index contributed by atoms with van der Waals surface area (Å²) in [6.45, 7) is 6.82. The number of nitrogens with one attached hydrogen (secondary N) is 1. The smallest absolute Gasteiger partial charge is 0.193 e. The monoisotopic (exact) mass is 472 g/mol. The number of fused-ring (bicyclic) bond motifs is 1. The molecule has 0 aromatic heterocycles. The number of hydrogen-bond donors (Lipinski definition) is 1. The Kier molecular flexibility index (Phi) is 8.47. The molecule has 1 heterocycles. The zero-order valence-electron chi connectivity index (χ0n) is 16.3. The van der Waals surface area contributed by atoms with Crippen LogP contribution in [0.5, 0.6) is 0 Å². The van der Waals surface area contributed by atoms with E-state index >= 15 is 0 Å². The molecular weight excluding hydrogens is 439 g/mol. The fraction of sp³-hybridized carbons (Fsp3) is 0.650. The van der Waals surface area contributed by atoms with Crippen LogP contribution in [-0.2, 0) is 11.2 Å². The second-order valence-electron chi connectivity index (χ2n) is 7.29. The van der Waals surface area contributed by atoms with Gasteiger partial charge in [0, 0.05) is 52.1 Å². The van der Waals surface area contributed by atoms with Crippen molar-refractivity contribution in [2.45, 2.75) is 32.2 Å². The van der Waals surface area contributed by atoms with Gasteiger partial charge in [-0.2, -0.15) is 0 Å². The van der Waals surface area contributed by atoms with Gasteiger partial charge in [-0.25, -0.2) is 0 Å². The molecule has 6 heteroatoms. The highest BCUT2D eigenvalue weighted by Gasteiger charge is 2.23. The largest absolute Gasteiger partial charge is 0.379 e. The number of hydrogen-bond acceptors (Lipinski definition) is 3. The predicted octanol–water partition coefficient (Wildman–Crippen LogP) is 2.99. The van der Waals surface area contributed by atoms with Crippen molar-refractivity contribution < 1.29 is 4.74 Å². The van der Waals surface area contributed by atoms with Gasteiger partial charge in [0.05, 0.1) is 6.61 Å². The van der Waals surface area contributed by atoms with Gasteiger partial charge in [-0.3, -0.25) is 4.99 Å². The SMILES string of the molecule is CN=C(NCC(C)N1CCc2ccccc21)N(C)CCOCC1CC1.I. The lowest BCUT2D eigenvalue weighted by atomic mass is 10.2. The van der Waals surface area contributed by atoms with Gasteiger partial charge in [0.15, 0.2) is 5.96 Å². The van der Waals surface area contributed by atoms with Crippen LogP contribution in [0.1, 0.15) is 25.3 Å². The Balaban J connectivity index is 0.00000243. The van der Waals surface area contributed by atoms with Gasteiger partial charge in [0.25, 0.3) is 0 Å². The molecule has 0 spiro atoms. The summed E-state index contributed by atoms with van der Waals surface area (Å²) in [6.07, 6.45) is 3.83. The van der Waals surface area contributed by atoms with Crippen molar-refractivity contribution in [3.05, 3.63) is 29.8 Å². The topological polar surface area (TPSA) is 40.1 Å². The Bertz CT molecular complexity index is 591. The van der Waals surface area contributed by atoms with Crippen LogP contribution in [0.3, 0.4) is 0 Å². The maximum atomic E-state index is 5.74. The minimum absolute atomic E-state index is 0. The fourth-order valence-corrected chi connectivity index (χ4v) is 3.40. The molecule has 2 aliphatic rings. The van der Waals surface area contributed by atoms with Crippen LogP contribution in [-0.4, -0.2) is 63.8 Å². The van der Waals surface area contributed by atoms with Crippen LogP contribution >= 0.6 is 24.0 Å². The van der Waals surface area contributed by atoms with E-state index in [1.807, 2.05) is 7.05 Å². The first-order valence-corrected chi connectivity index (χ1v) is 9.53. The van der Waals surface area contributed by atoms with Crippen molar-refractivity contribution in [3.63, 3.8) is 0 Å². The number of nitrogens with zero attached hydrogens (tertiary/aromatic N) is 3. The molecule has 1 aromatic rings. The molecule has 3 rings (SSSR count). The summed E-state index contributed by atoms with van der Waals surface area (Å²) < 4.78 is 5.74. The van der Waals surface area contributed by atoms with Crippen molar-refractivity contribution in [3.8, 4) is 0 Å². The van der Waals surface area contributed by atoms with E-state index in [9.17, 15) is 0 Å². The summed E-state index contributed by atoms with van der Waals surface area (Å²) in [4.78, 5) is 9.06. The molecule has 1 unspecified atom stereocenters. The van der Waals surface area contributed by atoms with E-state index in [1.54, 1.807) is 0 Å². The summed E-state index contributed by atoms with van der Waals surface area (Å²) in [5.74, 6) is 1.77. The van der Waals surface area contributed by atoms with Crippen molar-refractivity contribution in [2.75, 3.05) is 51.8 Å². The molecule has 0 radical (unpaired) electrons. The number of para-hydroxylation sites is 1. The number of ether oxygens (including phenoxy) is 1. The van der Waals surface area contributed by atoms with Crippen LogP contribution < -0.4 is 10.2 Å². The molecule has 1 aromatic carbocycles. The Morgan fingerprint density at radius 2 is 2.15 bits per heavy atom. The minimum atomic E-state index is 0. The molecule has 0 saturated heterocycles. The highest BCUT2D eigenvalue weighted by atomic mass is 127. The van der Waals surface area contributed by atoms with E-state index in [1.165, 1.54) is 24.1 Å². The highest BCUT2D eigenvalue weighted by Crippen LogP contribution is 2.29. The first-order chi connectivity index (χ1) is 12.2. The van der Waals surface area contributed by atoms with Crippen LogP contribution in [0, 0.1) is 5.92 Å². The van der Waals surface area contributed by atoms with Gasteiger partial charge < -0.3 is 19.9 Å². The van der Waals surface area contributed by atoms with Crippen molar-refractivity contribution >= 4 is 35.6 Å². The predicted molar refractivity (Wildman–Crippen MR) is 120 cm³/mol. The number of aliphatic imine (C=N–C) groups is 1. The summed E-state index contributed by atoms with van der Waals surface area (Å²) >= 11 is 0. The second kappa shape index (κ2) is 10.3.